The van der Waals surface area contributed by atoms with Gasteiger partial charge >= 0.3 is 0 Å². The molecule has 5 heteroatoms. The lowest BCUT2D eigenvalue weighted by molar-refractivity contribution is -0.115. The number of thioether (sulfide) groups is 1. The highest BCUT2D eigenvalue weighted by molar-refractivity contribution is 8.18. The van der Waals surface area contributed by atoms with Gasteiger partial charge in [0.1, 0.15) is 5.75 Å². The molecular formula is C19H17NO3S. The first kappa shape index (κ1) is 16.3. The molecule has 0 unspecified atom stereocenters. The van der Waals surface area contributed by atoms with Crippen molar-refractivity contribution >= 4 is 29.0 Å². The lowest BCUT2D eigenvalue weighted by atomic mass is 10.1. The Balaban J connectivity index is 1.49. The summed E-state index contributed by atoms with van der Waals surface area (Å²) in [6, 6.07) is 17.8. The van der Waals surface area contributed by atoms with Gasteiger partial charge in [0.2, 0.25) is 0 Å². The third kappa shape index (κ3) is 4.49. The van der Waals surface area contributed by atoms with Crippen molar-refractivity contribution in [2.45, 2.75) is 12.8 Å². The Kier molecular flexibility index (Phi) is 5.33. The number of hydrogen-bond donors (Lipinski definition) is 1. The van der Waals surface area contributed by atoms with Crippen LogP contribution in [-0.4, -0.2) is 17.8 Å². The molecule has 122 valence electrons. The summed E-state index contributed by atoms with van der Waals surface area (Å²) in [5, 5.41) is 1.91. The van der Waals surface area contributed by atoms with E-state index in [4.69, 9.17) is 4.74 Å². The Morgan fingerprint density at radius 3 is 2.42 bits per heavy atom. The van der Waals surface area contributed by atoms with Gasteiger partial charge < -0.3 is 4.74 Å². The second-order valence-corrected chi connectivity index (χ2v) is 6.37. The molecule has 0 atom stereocenters. The van der Waals surface area contributed by atoms with E-state index < -0.39 is 0 Å². The van der Waals surface area contributed by atoms with Crippen LogP contribution in [0.4, 0.5) is 4.79 Å². The molecule has 2 aromatic rings. The van der Waals surface area contributed by atoms with Gasteiger partial charge in [-0.1, -0.05) is 42.5 Å². The lowest BCUT2D eigenvalue weighted by Crippen LogP contribution is -2.17. The molecule has 0 spiro atoms. The van der Waals surface area contributed by atoms with Gasteiger partial charge in [0.25, 0.3) is 11.1 Å². The highest BCUT2D eigenvalue weighted by Crippen LogP contribution is 2.26. The van der Waals surface area contributed by atoms with Crippen LogP contribution in [0.3, 0.4) is 0 Å². The first-order valence-corrected chi connectivity index (χ1v) is 8.54. The van der Waals surface area contributed by atoms with Gasteiger partial charge in [0.05, 0.1) is 11.5 Å². The first-order valence-electron chi connectivity index (χ1n) is 7.72. The van der Waals surface area contributed by atoms with Crippen molar-refractivity contribution < 1.29 is 14.3 Å². The van der Waals surface area contributed by atoms with Crippen molar-refractivity contribution in [1.29, 1.82) is 0 Å². The van der Waals surface area contributed by atoms with Crippen molar-refractivity contribution in [3.8, 4) is 5.75 Å². The van der Waals surface area contributed by atoms with E-state index in [9.17, 15) is 9.59 Å². The number of nitrogens with one attached hydrogen (secondary N) is 1. The highest BCUT2D eigenvalue weighted by Gasteiger charge is 2.24. The van der Waals surface area contributed by atoms with E-state index in [1.54, 1.807) is 6.08 Å². The minimum Gasteiger partial charge on any atom is -0.494 e. The predicted molar refractivity (Wildman–Crippen MR) is 95.8 cm³/mol. The van der Waals surface area contributed by atoms with E-state index in [0.717, 1.165) is 35.9 Å². The third-order valence-electron chi connectivity index (χ3n) is 3.54. The second-order valence-electron chi connectivity index (χ2n) is 5.36. The van der Waals surface area contributed by atoms with Crippen LogP contribution in [0.15, 0.2) is 59.5 Å². The van der Waals surface area contributed by atoms with E-state index in [1.807, 2.05) is 42.5 Å². The molecule has 0 bridgehead atoms. The maximum Gasteiger partial charge on any atom is 0.290 e. The molecule has 2 aromatic carbocycles. The summed E-state index contributed by atoms with van der Waals surface area (Å²) in [6.07, 6.45) is 3.64. The van der Waals surface area contributed by atoms with Crippen molar-refractivity contribution in [2.75, 3.05) is 6.61 Å². The summed E-state index contributed by atoms with van der Waals surface area (Å²) in [6.45, 7) is 0.655. The summed E-state index contributed by atoms with van der Waals surface area (Å²) < 4.78 is 5.73. The van der Waals surface area contributed by atoms with Crippen LogP contribution < -0.4 is 10.1 Å². The zero-order chi connectivity index (χ0) is 16.8. The van der Waals surface area contributed by atoms with Gasteiger partial charge in [-0.05, 0) is 53.9 Å². The number of aryl methyl sites for hydroxylation is 1. The molecule has 2 amide bonds. The molecule has 24 heavy (non-hydrogen) atoms. The van der Waals surface area contributed by atoms with Crippen molar-refractivity contribution in [1.82, 2.24) is 5.32 Å². The number of hydrogen-bond acceptors (Lipinski definition) is 4. The Labute approximate surface area is 144 Å². The molecule has 4 nitrogen and oxygen atoms in total. The van der Waals surface area contributed by atoms with Crippen molar-refractivity contribution in [2.24, 2.45) is 0 Å². The molecule has 0 aliphatic carbocycles. The number of rotatable bonds is 6. The fourth-order valence-electron chi connectivity index (χ4n) is 2.34. The minimum absolute atomic E-state index is 0.329. The summed E-state index contributed by atoms with van der Waals surface area (Å²) >= 11 is 0.918. The molecule has 1 saturated heterocycles. The molecule has 3 rings (SSSR count). The Hall–Kier alpha value is -2.53. The van der Waals surface area contributed by atoms with Gasteiger partial charge in [-0.15, -0.1) is 0 Å². The summed E-state index contributed by atoms with van der Waals surface area (Å²) in [4.78, 5) is 23.0. The van der Waals surface area contributed by atoms with Crippen LogP contribution in [0.2, 0.25) is 0 Å². The average molecular weight is 339 g/mol. The molecule has 0 radical (unpaired) electrons. The fourth-order valence-corrected chi connectivity index (χ4v) is 3.03. The first-order chi connectivity index (χ1) is 11.7. The zero-order valence-electron chi connectivity index (χ0n) is 13.0. The topological polar surface area (TPSA) is 55.4 Å². The number of imide groups is 1. The average Bonchev–Trinajstić information content (AvgIpc) is 2.91. The minimum atomic E-state index is -0.341. The quantitative estimate of drug-likeness (QED) is 0.638. The lowest BCUT2D eigenvalue weighted by Gasteiger charge is -2.06. The second kappa shape index (κ2) is 7.84. The van der Waals surface area contributed by atoms with Gasteiger partial charge in [-0.2, -0.15) is 0 Å². The fraction of sp³-hybridized carbons (Fsp3) is 0.158. The van der Waals surface area contributed by atoms with E-state index in [1.165, 1.54) is 5.56 Å². The predicted octanol–water partition coefficient (Wildman–Crippen LogP) is 4.02. The van der Waals surface area contributed by atoms with Crippen LogP contribution in [-0.2, 0) is 11.2 Å². The Morgan fingerprint density at radius 1 is 1.00 bits per heavy atom. The third-order valence-corrected chi connectivity index (χ3v) is 4.35. The smallest absolute Gasteiger partial charge is 0.290 e. The standard InChI is InChI=1S/C19H17NO3S/c21-18-17(24-19(22)20-18)13-15-8-10-16(11-9-15)23-12-4-7-14-5-2-1-3-6-14/h1-3,5-6,8-11,13H,4,7,12H2,(H,20,21,22)/b17-13-. The maximum atomic E-state index is 11.5. The molecule has 0 aromatic heterocycles. The molecule has 1 fully saturated rings. The summed E-state index contributed by atoms with van der Waals surface area (Å²) in [5.74, 6) is 0.455. The molecule has 1 N–H and O–H groups in total. The van der Waals surface area contributed by atoms with E-state index in [-0.39, 0.29) is 11.1 Å². The number of ether oxygens (including phenoxy) is 1. The normalized spacial score (nSPS) is 15.6. The summed E-state index contributed by atoms with van der Waals surface area (Å²) in [7, 11) is 0. The van der Waals surface area contributed by atoms with Gasteiger partial charge in [-0.3, -0.25) is 14.9 Å². The SMILES string of the molecule is O=C1NC(=O)/C(=C/c2ccc(OCCCc3ccccc3)cc2)S1. The van der Waals surface area contributed by atoms with Crippen LogP contribution in [0, 0.1) is 0 Å². The monoisotopic (exact) mass is 339 g/mol. The molecule has 0 saturated carbocycles. The highest BCUT2D eigenvalue weighted by atomic mass is 32.2. The zero-order valence-corrected chi connectivity index (χ0v) is 13.8. The molecule has 1 aliphatic rings. The molecular weight excluding hydrogens is 322 g/mol. The Morgan fingerprint density at radius 2 is 1.75 bits per heavy atom. The molecule has 1 heterocycles. The van der Waals surface area contributed by atoms with E-state index in [2.05, 4.69) is 17.4 Å². The van der Waals surface area contributed by atoms with Crippen molar-refractivity contribution in [3.63, 3.8) is 0 Å². The van der Waals surface area contributed by atoms with Crippen LogP contribution in [0.5, 0.6) is 5.75 Å². The van der Waals surface area contributed by atoms with E-state index >= 15 is 0 Å². The van der Waals surface area contributed by atoms with Crippen LogP contribution in [0.25, 0.3) is 6.08 Å². The van der Waals surface area contributed by atoms with Crippen molar-refractivity contribution in [3.05, 3.63) is 70.6 Å². The van der Waals surface area contributed by atoms with Crippen LogP contribution in [0.1, 0.15) is 17.5 Å². The number of benzene rings is 2. The maximum absolute atomic E-state index is 11.5. The van der Waals surface area contributed by atoms with E-state index in [0.29, 0.717) is 11.5 Å². The summed E-state index contributed by atoms with van der Waals surface area (Å²) in [5.41, 5.74) is 2.17. The number of carbonyl (C=O) groups is 2. The Bertz CT molecular complexity index is 754. The number of carbonyl (C=O) groups excluding carboxylic acids is 2. The van der Waals surface area contributed by atoms with Gasteiger partial charge in [-0.25, -0.2) is 0 Å². The molecule has 1 aliphatic heterocycles. The number of amides is 2. The van der Waals surface area contributed by atoms with Gasteiger partial charge in [0.15, 0.2) is 0 Å². The largest absolute Gasteiger partial charge is 0.494 e. The van der Waals surface area contributed by atoms with Gasteiger partial charge in [0, 0.05) is 0 Å². The van der Waals surface area contributed by atoms with Crippen LogP contribution >= 0.6 is 11.8 Å².